The Bertz CT molecular complexity index is 243. The molecule has 1 amide bonds. The molecule has 16 heavy (non-hydrogen) atoms. The van der Waals surface area contributed by atoms with Gasteiger partial charge in [-0.3, -0.25) is 4.79 Å². The standard InChI is InChI=1S/C12H22N2O2/c13-12(5-1-2-6-12)8-11(15)14-10-4-3-7-16-9-10/h10H,1-9,13H2,(H,14,15). The lowest BCUT2D eigenvalue weighted by molar-refractivity contribution is -0.123. The molecule has 0 aromatic carbocycles. The summed E-state index contributed by atoms with van der Waals surface area (Å²) in [5.74, 6) is 0.0971. The molecule has 0 bridgehead atoms. The first-order valence-corrected chi connectivity index (χ1v) is 6.34. The van der Waals surface area contributed by atoms with Gasteiger partial charge < -0.3 is 15.8 Å². The Morgan fingerprint density at radius 2 is 2.12 bits per heavy atom. The number of nitrogens with one attached hydrogen (secondary N) is 1. The van der Waals surface area contributed by atoms with Crippen LogP contribution >= 0.6 is 0 Å². The van der Waals surface area contributed by atoms with Crippen LogP contribution in [0.4, 0.5) is 0 Å². The van der Waals surface area contributed by atoms with Crippen LogP contribution in [0.2, 0.25) is 0 Å². The van der Waals surface area contributed by atoms with Gasteiger partial charge in [0.2, 0.25) is 5.91 Å². The number of carbonyl (C=O) groups is 1. The summed E-state index contributed by atoms with van der Waals surface area (Å²) in [6.45, 7) is 1.48. The molecule has 1 saturated carbocycles. The van der Waals surface area contributed by atoms with Gasteiger partial charge in [-0.15, -0.1) is 0 Å². The van der Waals surface area contributed by atoms with Gasteiger partial charge >= 0.3 is 0 Å². The van der Waals surface area contributed by atoms with Gasteiger partial charge in [-0.05, 0) is 25.7 Å². The summed E-state index contributed by atoms with van der Waals surface area (Å²) >= 11 is 0. The first-order valence-electron chi connectivity index (χ1n) is 6.34. The summed E-state index contributed by atoms with van der Waals surface area (Å²) in [5.41, 5.74) is 5.94. The Morgan fingerprint density at radius 1 is 1.38 bits per heavy atom. The van der Waals surface area contributed by atoms with Gasteiger partial charge in [0.25, 0.3) is 0 Å². The maximum atomic E-state index is 11.8. The van der Waals surface area contributed by atoms with Crippen molar-refractivity contribution in [2.45, 2.75) is 56.5 Å². The monoisotopic (exact) mass is 226 g/mol. The second-order valence-corrected chi connectivity index (χ2v) is 5.23. The minimum atomic E-state index is -0.237. The molecule has 4 heteroatoms. The number of rotatable bonds is 3. The Labute approximate surface area is 96.9 Å². The van der Waals surface area contributed by atoms with Crippen LogP contribution < -0.4 is 11.1 Å². The van der Waals surface area contributed by atoms with Crippen molar-refractivity contribution in [3.8, 4) is 0 Å². The van der Waals surface area contributed by atoms with E-state index >= 15 is 0 Å². The topological polar surface area (TPSA) is 64.4 Å². The van der Waals surface area contributed by atoms with E-state index in [0.29, 0.717) is 13.0 Å². The predicted octanol–water partition coefficient (Wildman–Crippen LogP) is 0.943. The first kappa shape index (κ1) is 11.9. The molecule has 4 nitrogen and oxygen atoms in total. The molecule has 1 saturated heterocycles. The zero-order valence-corrected chi connectivity index (χ0v) is 9.84. The molecule has 1 unspecified atom stereocenters. The molecule has 1 aliphatic carbocycles. The lowest BCUT2D eigenvalue weighted by Crippen LogP contribution is -2.46. The molecule has 1 atom stereocenters. The zero-order valence-electron chi connectivity index (χ0n) is 9.84. The smallest absolute Gasteiger partial charge is 0.222 e. The third-order valence-electron chi connectivity index (χ3n) is 3.64. The molecule has 1 aliphatic heterocycles. The van der Waals surface area contributed by atoms with Gasteiger partial charge in [0, 0.05) is 18.6 Å². The fourth-order valence-electron chi connectivity index (χ4n) is 2.71. The maximum Gasteiger partial charge on any atom is 0.222 e. The van der Waals surface area contributed by atoms with Crippen LogP contribution in [0.15, 0.2) is 0 Å². The second kappa shape index (κ2) is 5.15. The molecular formula is C12H22N2O2. The number of hydrogen-bond donors (Lipinski definition) is 2. The van der Waals surface area contributed by atoms with Crippen molar-refractivity contribution >= 4 is 5.91 Å². The lowest BCUT2D eigenvalue weighted by atomic mass is 9.94. The van der Waals surface area contributed by atoms with E-state index < -0.39 is 0 Å². The van der Waals surface area contributed by atoms with Crippen LogP contribution in [0.1, 0.15) is 44.9 Å². The van der Waals surface area contributed by atoms with Crippen molar-refractivity contribution in [3.63, 3.8) is 0 Å². The van der Waals surface area contributed by atoms with Crippen molar-refractivity contribution in [1.29, 1.82) is 0 Å². The summed E-state index contributed by atoms with van der Waals surface area (Å²) in [6.07, 6.45) is 6.85. The SMILES string of the molecule is NC1(CC(=O)NC2CCCOC2)CCCC1. The third kappa shape index (κ3) is 3.19. The van der Waals surface area contributed by atoms with Gasteiger partial charge in [-0.1, -0.05) is 12.8 Å². The first-order chi connectivity index (χ1) is 7.68. The van der Waals surface area contributed by atoms with Crippen LogP contribution in [0.3, 0.4) is 0 Å². The highest BCUT2D eigenvalue weighted by atomic mass is 16.5. The van der Waals surface area contributed by atoms with E-state index in [1.807, 2.05) is 0 Å². The summed E-state index contributed by atoms with van der Waals surface area (Å²) in [7, 11) is 0. The van der Waals surface area contributed by atoms with E-state index in [1.54, 1.807) is 0 Å². The van der Waals surface area contributed by atoms with E-state index in [-0.39, 0.29) is 17.5 Å². The number of hydrogen-bond acceptors (Lipinski definition) is 3. The van der Waals surface area contributed by atoms with E-state index in [9.17, 15) is 4.79 Å². The summed E-state index contributed by atoms with van der Waals surface area (Å²) < 4.78 is 5.33. The second-order valence-electron chi connectivity index (χ2n) is 5.23. The summed E-state index contributed by atoms with van der Waals surface area (Å²) in [4.78, 5) is 11.8. The molecule has 3 N–H and O–H groups in total. The zero-order chi connectivity index (χ0) is 11.4. The maximum absolute atomic E-state index is 11.8. The van der Waals surface area contributed by atoms with Crippen LogP contribution in [-0.2, 0) is 9.53 Å². The van der Waals surface area contributed by atoms with E-state index in [2.05, 4.69) is 5.32 Å². The fourth-order valence-corrected chi connectivity index (χ4v) is 2.71. The minimum absolute atomic E-state index is 0.0971. The Kier molecular flexibility index (Phi) is 3.82. The quantitative estimate of drug-likeness (QED) is 0.753. The average Bonchev–Trinajstić information content (AvgIpc) is 2.66. The number of nitrogens with two attached hydrogens (primary N) is 1. The van der Waals surface area contributed by atoms with Crippen molar-refractivity contribution in [2.75, 3.05) is 13.2 Å². The third-order valence-corrected chi connectivity index (χ3v) is 3.64. The highest BCUT2D eigenvalue weighted by Crippen LogP contribution is 2.29. The van der Waals surface area contributed by atoms with Crippen molar-refractivity contribution < 1.29 is 9.53 Å². The largest absolute Gasteiger partial charge is 0.379 e. The normalized spacial score (nSPS) is 28.9. The molecule has 0 spiro atoms. The van der Waals surface area contributed by atoms with Gasteiger partial charge in [0.05, 0.1) is 12.6 Å². The van der Waals surface area contributed by atoms with Gasteiger partial charge in [0.1, 0.15) is 0 Å². The molecule has 1 heterocycles. The average molecular weight is 226 g/mol. The molecule has 92 valence electrons. The molecule has 2 aliphatic rings. The number of amides is 1. The van der Waals surface area contributed by atoms with Gasteiger partial charge in [0.15, 0.2) is 0 Å². The Balaban J connectivity index is 1.74. The van der Waals surface area contributed by atoms with Crippen LogP contribution in [-0.4, -0.2) is 30.7 Å². The van der Waals surface area contributed by atoms with Crippen molar-refractivity contribution in [3.05, 3.63) is 0 Å². The molecule has 0 radical (unpaired) electrons. The Hall–Kier alpha value is -0.610. The van der Waals surface area contributed by atoms with E-state index in [1.165, 1.54) is 0 Å². The summed E-state index contributed by atoms with van der Waals surface area (Å²) in [6, 6.07) is 0.200. The van der Waals surface area contributed by atoms with Crippen molar-refractivity contribution in [1.82, 2.24) is 5.32 Å². The molecule has 2 rings (SSSR count). The van der Waals surface area contributed by atoms with Crippen LogP contribution in [0.5, 0.6) is 0 Å². The number of carbonyl (C=O) groups excluding carboxylic acids is 1. The Morgan fingerprint density at radius 3 is 2.75 bits per heavy atom. The van der Waals surface area contributed by atoms with E-state index in [0.717, 1.165) is 45.1 Å². The highest BCUT2D eigenvalue weighted by molar-refractivity contribution is 5.77. The highest BCUT2D eigenvalue weighted by Gasteiger charge is 2.32. The van der Waals surface area contributed by atoms with E-state index in [4.69, 9.17) is 10.5 Å². The van der Waals surface area contributed by atoms with Crippen molar-refractivity contribution in [2.24, 2.45) is 5.73 Å². The molecule has 2 fully saturated rings. The van der Waals surface area contributed by atoms with Crippen LogP contribution in [0, 0.1) is 0 Å². The number of ether oxygens (including phenoxy) is 1. The van der Waals surface area contributed by atoms with Gasteiger partial charge in [-0.2, -0.15) is 0 Å². The summed E-state index contributed by atoms with van der Waals surface area (Å²) in [5, 5.41) is 3.03. The fraction of sp³-hybridized carbons (Fsp3) is 0.917. The lowest BCUT2D eigenvalue weighted by Gasteiger charge is -2.27. The predicted molar refractivity (Wildman–Crippen MR) is 62.0 cm³/mol. The van der Waals surface area contributed by atoms with Gasteiger partial charge in [-0.25, -0.2) is 0 Å². The molecule has 0 aromatic heterocycles. The molecular weight excluding hydrogens is 204 g/mol. The van der Waals surface area contributed by atoms with Crippen LogP contribution in [0.25, 0.3) is 0 Å². The minimum Gasteiger partial charge on any atom is -0.379 e. The molecule has 0 aromatic rings.